The highest BCUT2D eigenvalue weighted by Gasteiger charge is 2.05. The molecule has 2 aromatic rings. The van der Waals surface area contributed by atoms with Crippen LogP contribution in [0.3, 0.4) is 0 Å². The van der Waals surface area contributed by atoms with Gasteiger partial charge in [0.25, 0.3) is 5.82 Å². The highest BCUT2D eigenvalue weighted by molar-refractivity contribution is 5.87. The molecule has 1 aromatic carbocycles. The molecule has 0 saturated carbocycles. The summed E-state index contributed by atoms with van der Waals surface area (Å²) >= 11 is 0. The Kier molecular flexibility index (Phi) is 1.40. The Morgan fingerprint density at radius 1 is 1.50 bits per heavy atom. The molecule has 0 unspecified atom stereocenters. The number of hydrogen-bond acceptors (Lipinski definition) is 2. The quantitative estimate of drug-likeness (QED) is 0.647. The van der Waals surface area contributed by atoms with Crippen molar-refractivity contribution in [3.63, 3.8) is 0 Å². The molecule has 4 N–H and O–H groups in total. The van der Waals surface area contributed by atoms with Gasteiger partial charge in [0, 0.05) is 6.07 Å². The summed E-state index contributed by atoms with van der Waals surface area (Å²) in [5.74, 6) is 1.46. The number of anilines is 1. The number of benzene rings is 1. The van der Waals surface area contributed by atoms with Gasteiger partial charge in [-0.05, 0) is 12.1 Å². The monoisotopic (exact) mass is 164 g/mol. The van der Waals surface area contributed by atoms with Gasteiger partial charge in [0.2, 0.25) is 0 Å². The maximum atomic E-state index is 5.64. The van der Waals surface area contributed by atoms with Crippen LogP contribution in [0.1, 0.15) is 0 Å². The Hall–Kier alpha value is -1.71. The lowest BCUT2D eigenvalue weighted by Crippen LogP contribution is -2.06. The molecule has 0 spiro atoms. The number of nitrogen functional groups attached to an aromatic ring is 1. The maximum Gasteiger partial charge on any atom is 0.298 e. The van der Waals surface area contributed by atoms with E-state index in [9.17, 15) is 0 Å². The van der Waals surface area contributed by atoms with E-state index in [0.717, 1.165) is 16.7 Å². The van der Waals surface area contributed by atoms with Crippen molar-refractivity contribution < 1.29 is 9.84 Å². The molecule has 0 amide bonds. The molecule has 1 heterocycles. The first-order valence-corrected chi connectivity index (χ1v) is 3.64. The normalized spacial score (nSPS) is 10.4. The van der Waals surface area contributed by atoms with Gasteiger partial charge < -0.3 is 4.74 Å². The first-order chi connectivity index (χ1) is 5.81. The van der Waals surface area contributed by atoms with E-state index in [1.54, 1.807) is 7.11 Å². The predicted molar refractivity (Wildman–Crippen MR) is 45.8 cm³/mol. The molecule has 1 aromatic heterocycles. The molecule has 2 rings (SSSR count). The summed E-state index contributed by atoms with van der Waals surface area (Å²) in [7, 11) is 1.64. The molecule has 0 aliphatic carbocycles. The van der Waals surface area contributed by atoms with Crippen molar-refractivity contribution in [3.8, 4) is 5.75 Å². The van der Waals surface area contributed by atoms with Gasteiger partial charge in [-0.25, -0.2) is 5.10 Å². The van der Waals surface area contributed by atoms with Crippen LogP contribution in [-0.2, 0) is 0 Å². The molecule has 0 aliphatic rings. The summed E-state index contributed by atoms with van der Waals surface area (Å²) in [5, 5.41) is 6.74. The second kappa shape index (κ2) is 2.41. The minimum atomic E-state index is 0.646. The lowest BCUT2D eigenvalue weighted by molar-refractivity contribution is -0.430. The van der Waals surface area contributed by atoms with Crippen molar-refractivity contribution in [1.82, 2.24) is 5.10 Å². The zero-order valence-electron chi connectivity index (χ0n) is 6.72. The Labute approximate surface area is 69.3 Å². The largest absolute Gasteiger partial charge is 0.497 e. The number of ether oxygens (including phenoxy) is 1. The van der Waals surface area contributed by atoms with Crippen LogP contribution < -0.4 is 15.6 Å². The van der Waals surface area contributed by atoms with E-state index in [0.29, 0.717) is 5.82 Å². The van der Waals surface area contributed by atoms with Crippen LogP contribution in [0.15, 0.2) is 18.2 Å². The highest BCUT2D eigenvalue weighted by atomic mass is 16.5. The lowest BCUT2D eigenvalue weighted by atomic mass is 10.2. The van der Waals surface area contributed by atoms with E-state index in [2.05, 4.69) is 10.2 Å². The molecule has 0 fully saturated rings. The Morgan fingerprint density at radius 3 is 3.08 bits per heavy atom. The molecule has 0 bridgehead atoms. The zero-order chi connectivity index (χ0) is 8.55. The minimum Gasteiger partial charge on any atom is -0.497 e. The van der Waals surface area contributed by atoms with Gasteiger partial charge in [0.05, 0.1) is 18.0 Å². The summed E-state index contributed by atoms with van der Waals surface area (Å²) < 4.78 is 5.06. The van der Waals surface area contributed by atoms with Crippen molar-refractivity contribution >= 4 is 16.7 Å². The number of hydrogen-bond donors (Lipinski definition) is 2. The zero-order valence-corrected chi connectivity index (χ0v) is 6.72. The second-order valence-corrected chi connectivity index (χ2v) is 2.58. The molecule has 0 radical (unpaired) electrons. The van der Waals surface area contributed by atoms with Crippen molar-refractivity contribution in [2.45, 2.75) is 0 Å². The fraction of sp³-hybridized carbons (Fsp3) is 0.125. The highest BCUT2D eigenvalue weighted by Crippen LogP contribution is 2.20. The molecular weight excluding hydrogens is 154 g/mol. The van der Waals surface area contributed by atoms with Crippen molar-refractivity contribution in [2.24, 2.45) is 0 Å². The van der Waals surface area contributed by atoms with Crippen LogP contribution in [0, 0.1) is 0 Å². The number of aromatic nitrogens is 2. The molecule has 12 heavy (non-hydrogen) atoms. The van der Waals surface area contributed by atoms with Crippen LogP contribution in [0.25, 0.3) is 10.9 Å². The van der Waals surface area contributed by atoms with E-state index in [1.165, 1.54) is 0 Å². The fourth-order valence-electron chi connectivity index (χ4n) is 1.19. The van der Waals surface area contributed by atoms with Gasteiger partial charge in [0.15, 0.2) is 0 Å². The smallest absolute Gasteiger partial charge is 0.298 e. The summed E-state index contributed by atoms with van der Waals surface area (Å²) in [6, 6.07) is 5.68. The van der Waals surface area contributed by atoms with Crippen molar-refractivity contribution in [2.75, 3.05) is 12.8 Å². The van der Waals surface area contributed by atoms with Gasteiger partial charge in [-0.3, -0.25) is 5.73 Å². The van der Waals surface area contributed by atoms with Crippen LogP contribution in [-0.4, -0.2) is 12.2 Å². The third kappa shape index (κ3) is 0.887. The summed E-state index contributed by atoms with van der Waals surface area (Å²) in [4.78, 5) is 0. The summed E-state index contributed by atoms with van der Waals surface area (Å²) in [6.45, 7) is 0. The molecular formula is C8H10N3O+. The average molecular weight is 164 g/mol. The summed E-state index contributed by atoms with van der Waals surface area (Å²) in [5.41, 5.74) is 6.59. The van der Waals surface area contributed by atoms with E-state index < -0.39 is 0 Å². The molecule has 4 heteroatoms. The molecule has 0 atom stereocenters. The second-order valence-electron chi connectivity index (χ2n) is 2.58. The topological polar surface area (TPSA) is 65.2 Å². The molecule has 0 saturated heterocycles. The van der Waals surface area contributed by atoms with E-state index in [-0.39, 0.29) is 0 Å². The van der Waals surface area contributed by atoms with Crippen LogP contribution >= 0.6 is 0 Å². The van der Waals surface area contributed by atoms with Gasteiger partial charge in [0.1, 0.15) is 5.75 Å². The van der Waals surface area contributed by atoms with Crippen LogP contribution in [0.2, 0.25) is 0 Å². The third-order valence-electron chi connectivity index (χ3n) is 1.85. The number of nitrogens with one attached hydrogen (secondary N) is 2. The van der Waals surface area contributed by atoms with Crippen LogP contribution in [0.4, 0.5) is 5.82 Å². The van der Waals surface area contributed by atoms with Crippen molar-refractivity contribution in [1.29, 1.82) is 0 Å². The molecule has 0 aliphatic heterocycles. The lowest BCUT2D eigenvalue weighted by Gasteiger charge is -1.96. The standard InChI is InChI=1S/C8H9N3O/c1-12-5-2-3-6-7(4-5)10-11-8(6)9/h2-4H,1H3,(H3,9,10,11)/p+1. The Balaban J connectivity index is 2.69. The summed E-state index contributed by atoms with van der Waals surface area (Å²) in [6.07, 6.45) is 0. The van der Waals surface area contributed by atoms with Gasteiger partial charge in [-0.1, -0.05) is 0 Å². The Bertz CT molecular complexity index is 408. The van der Waals surface area contributed by atoms with Gasteiger partial charge >= 0.3 is 0 Å². The third-order valence-corrected chi connectivity index (χ3v) is 1.85. The SMILES string of the molecule is COc1ccc2c(N)[nH+][nH]c2c1. The van der Waals surface area contributed by atoms with Crippen LogP contribution in [0.5, 0.6) is 5.75 Å². The fourth-order valence-corrected chi connectivity index (χ4v) is 1.19. The van der Waals surface area contributed by atoms with E-state index >= 15 is 0 Å². The number of rotatable bonds is 1. The maximum absolute atomic E-state index is 5.64. The average Bonchev–Trinajstić information content (AvgIpc) is 2.47. The van der Waals surface area contributed by atoms with E-state index in [4.69, 9.17) is 10.5 Å². The number of H-pyrrole nitrogens is 2. The molecule has 62 valence electrons. The number of methoxy groups -OCH3 is 1. The number of fused-ring (bicyclic) bond motifs is 1. The predicted octanol–water partition coefficient (Wildman–Crippen LogP) is 0.573. The number of aromatic amines is 2. The van der Waals surface area contributed by atoms with Gasteiger partial charge in [-0.15, -0.1) is 0 Å². The molecule has 4 nitrogen and oxygen atoms in total. The first kappa shape index (κ1) is 6.97. The minimum absolute atomic E-state index is 0.646. The van der Waals surface area contributed by atoms with E-state index in [1.807, 2.05) is 18.2 Å². The van der Waals surface area contributed by atoms with Gasteiger partial charge in [-0.2, -0.15) is 5.10 Å². The van der Waals surface area contributed by atoms with Crippen molar-refractivity contribution in [3.05, 3.63) is 18.2 Å². The number of nitrogens with two attached hydrogens (primary N) is 1. The first-order valence-electron chi connectivity index (χ1n) is 3.64. The Morgan fingerprint density at radius 2 is 2.33 bits per heavy atom.